The van der Waals surface area contributed by atoms with E-state index in [0.29, 0.717) is 19.3 Å². The van der Waals surface area contributed by atoms with Gasteiger partial charge in [-0.15, -0.1) is 0 Å². The van der Waals surface area contributed by atoms with Gasteiger partial charge in [-0.05, 0) is 46.7 Å². The number of carbonyl (C=O) groups is 1. The van der Waals surface area contributed by atoms with Crippen LogP contribution in [0.15, 0.2) is 0 Å². The lowest BCUT2D eigenvalue weighted by Gasteiger charge is -2.23. The SMILES string of the molecule is CC(C)(C)OCC(=O)NCCOC1CCNCC1. The third-order valence-corrected chi connectivity index (χ3v) is 2.70. The van der Waals surface area contributed by atoms with Gasteiger partial charge >= 0.3 is 0 Å². The Hall–Kier alpha value is -0.650. The number of piperidine rings is 1. The maximum Gasteiger partial charge on any atom is 0.246 e. The Bertz CT molecular complexity index is 245. The second kappa shape index (κ2) is 7.71. The normalized spacial score (nSPS) is 17.7. The smallest absolute Gasteiger partial charge is 0.246 e. The van der Waals surface area contributed by atoms with Crippen molar-refractivity contribution < 1.29 is 14.3 Å². The second-order valence-electron chi connectivity index (χ2n) is 5.57. The molecule has 0 saturated carbocycles. The highest BCUT2D eigenvalue weighted by Gasteiger charge is 2.14. The summed E-state index contributed by atoms with van der Waals surface area (Å²) in [6, 6.07) is 0. The van der Waals surface area contributed by atoms with E-state index in [9.17, 15) is 4.79 Å². The number of hydrogen-bond acceptors (Lipinski definition) is 4. The van der Waals surface area contributed by atoms with Crippen LogP contribution >= 0.6 is 0 Å². The van der Waals surface area contributed by atoms with Crippen LogP contribution in [0.5, 0.6) is 0 Å². The van der Waals surface area contributed by atoms with Crippen LogP contribution in [-0.4, -0.2) is 50.5 Å². The van der Waals surface area contributed by atoms with Gasteiger partial charge in [0, 0.05) is 6.54 Å². The van der Waals surface area contributed by atoms with Gasteiger partial charge in [0.05, 0.1) is 18.3 Å². The van der Waals surface area contributed by atoms with Crippen LogP contribution in [0.4, 0.5) is 0 Å². The van der Waals surface area contributed by atoms with Gasteiger partial charge in [0.25, 0.3) is 0 Å². The molecule has 0 radical (unpaired) electrons. The summed E-state index contributed by atoms with van der Waals surface area (Å²) in [5.74, 6) is -0.0844. The molecule has 0 aliphatic carbocycles. The molecular formula is C13H26N2O3. The van der Waals surface area contributed by atoms with Crippen molar-refractivity contribution in [3.63, 3.8) is 0 Å². The topological polar surface area (TPSA) is 59.6 Å². The van der Waals surface area contributed by atoms with Crippen molar-refractivity contribution in [3.05, 3.63) is 0 Å². The fourth-order valence-corrected chi connectivity index (χ4v) is 1.71. The molecule has 1 saturated heterocycles. The van der Waals surface area contributed by atoms with Gasteiger partial charge in [0.15, 0.2) is 0 Å². The number of carbonyl (C=O) groups excluding carboxylic acids is 1. The van der Waals surface area contributed by atoms with Gasteiger partial charge in [-0.2, -0.15) is 0 Å². The van der Waals surface area contributed by atoms with E-state index in [1.54, 1.807) is 0 Å². The lowest BCUT2D eigenvalue weighted by Crippen LogP contribution is -2.36. The lowest BCUT2D eigenvalue weighted by molar-refractivity contribution is -0.130. The van der Waals surface area contributed by atoms with Crippen molar-refractivity contribution in [1.29, 1.82) is 0 Å². The van der Waals surface area contributed by atoms with Gasteiger partial charge in [-0.3, -0.25) is 4.79 Å². The molecule has 0 aromatic heterocycles. The fraction of sp³-hybridized carbons (Fsp3) is 0.923. The Morgan fingerprint density at radius 1 is 1.33 bits per heavy atom. The first-order valence-corrected chi connectivity index (χ1v) is 6.70. The van der Waals surface area contributed by atoms with Crippen LogP contribution in [0, 0.1) is 0 Å². The summed E-state index contributed by atoms with van der Waals surface area (Å²) in [5.41, 5.74) is -0.275. The number of ether oxygens (including phenoxy) is 2. The molecule has 1 amide bonds. The third kappa shape index (κ3) is 7.63. The Morgan fingerprint density at radius 3 is 2.61 bits per heavy atom. The van der Waals surface area contributed by atoms with Crippen molar-refractivity contribution in [2.75, 3.05) is 32.8 Å². The minimum absolute atomic E-state index is 0.0844. The summed E-state index contributed by atoms with van der Waals surface area (Å²) >= 11 is 0. The van der Waals surface area contributed by atoms with Crippen molar-refractivity contribution in [3.8, 4) is 0 Å². The van der Waals surface area contributed by atoms with Crippen molar-refractivity contribution in [2.45, 2.75) is 45.3 Å². The Morgan fingerprint density at radius 2 is 2.00 bits per heavy atom. The van der Waals surface area contributed by atoms with E-state index in [-0.39, 0.29) is 18.1 Å². The molecule has 1 aliphatic rings. The minimum atomic E-state index is -0.275. The number of hydrogen-bond donors (Lipinski definition) is 2. The Balaban J connectivity index is 1.98. The molecule has 0 aromatic carbocycles. The van der Waals surface area contributed by atoms with Gasteiger partial charge in [-0.1, -0.05) is 0 Å². The first kappa shape index (κ1) is 15.4. The van der Waals surface area contributed by atoms with E-state index in [4.69, 9.17) is 9.47 Å². The number of nitrogens with one attached hydrogen (secondary N) is 2. The predicted molar refractivity (Wildman–Crippen MR) is 70.6 cm³/mol. The van der Waals surface area contributed by atoms with Crippen molar-refractivity contribution >= 4 is 5.91 Å². The molecule has 0 spiro atoms. The molecular weight excluding hydrogens is 232 g/mol. The molecule has 0 aromatic rings. The monoisotopic (exact) mass is 258 g/mol. The van der Waals surface area contributed by atoms with Gasteiger partial charge < -0.3 is 20.1 Å². The standard InChI is InChI=1S/C13H26N2O3/c1-13(2,3)18-10-12(16)15-8-9-17-11-4-6-14-7-5-11/h11,14H,4-10H2,1-3H3,(H,15,16). The van der Waals surface area contributed by atoms with Crippen molar-refractivity contribution in [2.24, 2.45) is 0 Å². The highest BCUT2D eigenvalue weighted by Crippen LogP contribution is 2.06. The molecule has 1 rings (SSSR count). The average Bonchev–Trinajstić information content (AvgIpc) is 2.33. The average molecular weight is 258 g/mol. The molecule has 5 heteroatoms. The van der Waals surface area contributed by atoms with Crippen LogP contribution in [-0.2, 0) is 14.3 Å². The van der Waals surface area contributed by atoms with Crippen LogP contribution in [0.25, 0.3) is 0 Å². The molecule has 0 atom stereocenters. The molecule has 5 nitrogen and oxygen atoms in total. The summed E-state index contributed by atoms with van der Waals surface area (Å²) in [6.07, 6.45) is 2.45. The minimum Gasteiger partial charge on any atom is -0.376 e. The summed E-state index contributed by atoms with van der Waals surface area (Å²) in [4.78, 5) is 11.4. The highest BCUT2D eigenvalue weighted by atomic mass is 16.5. The Kier molecular flexibility index (Phi) is 6.60. The van der Waals surface area contributed by atoms with E-state index in [1.807, 2.05) is 20.8 Å². The quantitative estimate of drug-likeness (QED) is 0.688. The highest BCUT2D eigenvalue weighted by molar-refractivity contribution is 5.77. The van der Waals surface area contributed by atoms with Crippen LogP contribution in [0.3, 0.4) is 0 Å². The molecule has 1 aliphatic heterocycles. The summed E-state index contributed by atoms with van der Waals surface area (Å²) in [7, 11) is 0. The Labute approximate surface area is 110 Å². The zero-order chi connectivity index (χ0) is 13.4. The zero-order valence-electron chi connectivity index (χ0n) is 11.8. The van der Waals surface area contributed by atoms with Crippen molar-refractivity contribution in [1.82, 2.24) is 10.6 Å². The largest absolute Gasteiger partial charge is 0.376 e. The zero-order valence-corrected chi connectivity index (χ0v) is 11.8. The van der Waals surface area contributed by atoms with E-state index >= 15 is 0 Å². The number of amides is 1. The second-order valence-corrected chi connectivity index (χ2v) is 5.57. The van der Waals surface area contributed by atoms with E-state index in [2.05, 4.69) is 10.6 Å². The molecule has 1 heterocycles. The van der Waals surface area contributed by atoms with Crippen LogP contribution < -0.4 is 10.6 Å². The van der Waals surface area contributed by atoms with Crippen LogP contribution in [0.2, 0.25) is 0 Å². The third-order valence-electron chi connectivity index (χ3n) is 2.70. The van der Waals surface area contributed by atoms with Gasteiger partial charge in [0.1, 0.15) is 6.61 Å². The van der Waals surface area contributed by atoms with Gasteiger partial charge in [-0.25, -0.2) is 0 Å². The molecule has 1 fully saturated rings. The van der Waals surface area contributed by atoms with Gasteiger partial charge in [0.2, 0.25) is 5.91 Å². The lowest BCUT2D eigenvalue weighted by atomic mass is 10.1. The maximum absolute atomic E-state index is 11.4. The van der Waals surface area contributed by atoms with E-state index < -0.39 is 0 Å². The molecule has 106 valence electrons. The fourth-order valence-electron chi connectivity index (χ4n) is 1.71. The predicted octanol–water partition coefficient (Wildman–Crippen LogP) is 0.686. The molecule has 2 N–H and O–H groups in total. The summed E-state index contributed by atoms with van der Waals surface area (Å²) < 4.78 is 11.1. The summed E-state index contributed by atoms with van der Waals surface area (Å²) in [6.45, 7) is 9.08. The molecule has 0 bridgehead atoms. The first-order valence-electron chi connectivity index (χ1n) is 6.70. The molecule has 0 unspecified atom stereocenters. The number of rotatable bonds is 6. The maximum atomic E-state index is 11.4. The first-order chi connectivity index (χ1) is 8.47. The van der Waals surface area contributed by atoms with E-state index in [0.717, 1.165) is 25.9 Å². The van der Waals surface area contributed by atoms with Crippen LogP contribution in [0.1, 0.15) is 33.6 Å². The molecule has 18 heavy (non-hydrogen) atoms. The van der Waals surface area contributed by atoms with E-state index in [1.165, 1.54) is 0 Å². The summed E-state index contributed by atoms with van der Waals surface area (Å²) in [5, 5.41) is 6.08.